The van der Waals surface area contributed by atoms with Gasteiger partial charge in [0.05, 0.1) is 21.5 Å². The average molecular weight is 489 g/mol. The minimum Gasteiger partial charge on any atom is -0.323 e. The average Bonchev–Trinajstić information content (AvgIpc) is 3.10. The summed E-state index contributed by atoms with van der Waals surface area (Å²) < 4.78 is 2.01. The first-order chi connectivity index (χ1) is 14.5. The maximum absolute atomic E-state index is 12.4. The normalized spacial score (nSPS) is 14.6. The van der Waals surface area contributed by atoms with E-state index in [4.69, 9.17) is 34.8 Å². The van der Waals surface area contributed by atoms with Gasteiger partial charge in [0.1, 0.15) is 5.82 Å². The first-order valence-electron chi connectivity index (χ1n) is 9.80. The van der Waals surface area contributed by atoms with Crippen molar-refractivity contribution in [2.45, 2.75) is 37.4 Å². The molecule has 1 amide bonds. The van der Waals surface area contributed by atoms with Gasteiger partial charge in [0.15, 0.2) is 5.16 Å². The number of aromatic nitrogens is 3. The summed E-state index contributed by atoms with van der Waals surface area (Å²) in [7, 11) is 0. The summed E-state index contributed by atoms with van der Waals surface area (Å²) in [6.45, 7) is 7.69. The molecule has 2 heterocycles. The minimum absolute atomic E-state index is 0.149. The summed E-state index contributed by atoms with van der Waals surface area (Å²) in [4.78, 5) is 14.9. The van der Waals surface area contributed by atoms with Crippen molar-refractivity contribution in [3.05, 3.63) is 45.7 Å². The van der Waals surface area contributed by atoms with Crippen molar-refractivity contribution in [1.82, 2.24) is 19.7 Å². The summed E-state index contributed by atoms with van der Waals surface area (Å²) >= 11 is 19.5. The van der Waals surface area contributed by atoms with Gasteiger partial charge in [-0.25, -0.2) is 0 Å². The van der Waals surface area contributed by atoms with Crippen LogP contribution in [-0.2, 0) is 17.8 Å². The number of nitrogens with one attached hydrogen (secondary N) is 1. The number of benzene rings is 1. The number of hydrogen-bond donors (Lipinski definition) is 1. The first-order valence-corrected chi connectivity index (χ1v) is 11.9. The third-order valence-corrected chi connectivity index (χ3v) is 6.59. The van der Waals surface area contributed by atoms with Crippen molar-refractivity contribution in [1.29, 1.82) is 0 Å². The number of rotatable bonds is 9. The number of carbonyl (C=O) groups excluding carboxylic acids is 1. The number of likely N-dealkylation sites (tertiary alicyclic amines) is 1. The standard InChI is InChI=1S/C20H24Cl3N5OS/c1-2-7-28-17(6-10-27-8-4-3-5-9-27)25-26-20(28)30-13-18(29)24-19-15(22)11-14(21)12-16(19)23/h2,11-12H,1,3-10,13H2,(H,24,29). The Bertz CT molecular complexity index is 876. The molecule has 0 unspecified atom stereocenters. The Morgan fingerprint density at radius 1 is 1.17 bits per heavy atom. The fourth-order valence-electron chi connectivity index (χ4n) is 3.33. The molecule has 0 aliphatic carbocycles. The van der Waals surface area contributed by atoms with Gasteiger partial charge >= 0.3 is 0 Å². The Kier molecular flexibility index (Phi) is 8.89. The Morgan fingerprint density at radius 3 is 2.53 bits per heavy atom. The van der Waals surface area contributed by atoms with Gasteiger partial charge in [0, 0.05) is 24.5 Å². The molecule has 1 aliphatic heterocycles. The van der Waals surface area contributed by atoms with Crippen LogP contribution in [-0.4, -0.2) is 51.0 Å². The van der Waals surface area contributed by atoms with Crippen molar-refractivity contribution in [2.24, 2.45) is 0 Å². The molecule has 30 heavy (non-hydrogen) atoms. The number of carbonyl (C=O) groups is 1. The highest BCUT2D eigenvalue weighted by molar-refractivity contribution is 7.99. The molecule has 1 N–H and O–H groups in total. The largest absolute Gasteiger partial charge is 0.323 e. The van der Waals surface area contributed by atoms with Crippen molar-refractivity contribution in [2.75, 3.05) is 30.7 Å². The van der Waals surface area contributed by atoms with E-state index in [0.717, 1.165) is 31.9 Å². The van der Waals surface area contributed by atoms with Gasteiger partial charge in [-0.2, -0.15) is 0 Å². The van der Waals surface area contributed by atoms with E-state index in [9.17, 15) is 4.79 Å². The van der Waals surface area contributed by atoms with Crippen molar-refractivity contribution < 1.29 is 4.79 Å². The molecule has 6 nitrogen and oxygen atoms in total. The van der Waals surface area contributed by atoms with Crippen LogP contribution < -0.4 is 5.32 Å². The second kappa shape index (κ2) is 11.4. The molecular weight excluding hydrogens is 465 g/mol. The van der Waals surface area contributed by atoms with Crippen LogP contribution in [0.5, 0.6) is 0 Å². The summed E-state index contributed by atoms with van der Waals surface area (Å²) in [5.41, 5.74) is 0.350. The monoisotopic (exact) mass is 487 g/mol. The molecular formula is C20H24Cl3N5OS. The van der Waals surface area contributed by atoms with E-state index < -0.39 is 0 Å². The maximum Gasteiger partial charge on any atom is 0.234 e. The van der Waals surface area contributed by atoms with Gasteiger partial charge in [0.25, 0.3) is 0 Å². The van der Waals surface area contributed by atoms with Crippen LogP contribution in [0.4, 0.5) is 5.69 Å². The van der Waals surface area contributed by atoms with Gasteiger partial charge < -0.3 is 14.8 Å². The lowest BCUT2D eigenvalue weighted by atomic mass is 10.1. The molecule has 0 spiro atoms. The Hall–Kier alpha value is -1.25. The molecule has 1 aromatic carbocycles. The predicted octanol–water partition coefficient (Wildman–Crippen LogP) is 5.18. The van der Waals surface area contributed by atoms with E-state index in [1.54, 1.807) is 0 Å². The van der Waals surface area contributed by atoms with Gasteiger partial charge in [-0.3, -0.25) is 4.79 Å². The van der Waals surface area contributed by atoms with E-state index in [0.29, 0.717) is 32.5 Å². The topological polar surface area (TPSA) is 63.1 Å². The molecule has 2 aromatic rings. The van der Waals surface area contributed by atoms with Crippen LogP contribution in [0, 0.1) is 0 Å². The van der Waals surface area contributed by atoms with E-state index >= 15 is 0 Å². The zero-order valence-electron chi connectivity index (χ0n) is 16.5. The number of anilines is 1. The highest BCUT2D eigenvalue weighted by Gasteiger charge is 2.17. The zero-order chi connectivity index (χ0) is 21.5. The molecule has 0 saturated carbocycles. The van der Waals surface area contributed by atoms with E-state index in [-0.39, 0.29) is 11.7 Å². The lowest BCUT2D eigenvalue weighted by Gasteiger charge is -2.26. The summed E-state index contributed by atoms with van der Waals surface area (Å²) in [5, 5.41) is 13.0. The van der Waals surface area contributed by atoms with Crippen molar-refractivity contribution in [3.8, 4) is 0 Å². The highest BCUT2D eigenvalue weighted by atomic mass is 35.5. The molecule has 0 atom stereocenters. The van der Waals surface area contributed by atoms with Gasteiger partial charge in [-0.1, -0.05) is 59.1 Å². The molecule has 1 aliphatic rings. The number of thioether (sulfide) groups is 1. The van der Waals surface area contributed by atoms with Crippen molar-refractivity contribution in [3.63, 3.8) is 0 Å². The summed E-state index contributed by atoms with van der Waals surface area (Å²) in [5.74, 6) is 0.817. The second-order valence-electron chi connectivity index (χ2n) is 7.03. The quantitative estimate of drug-likeness (QED) is 0.389. The van der Waals surface area contributed by atoms with Gasteiger partial charge in [0.2, 0.25) is 5.91 Å². The van der Waals surface area contributed by atoms with Crippen LogP contribution >= 0.6 is 46.6 Å². The number of halogens is 3. The Balaban J connectivity index is 1.59. The number of piperidine rings is 1. The van der Waals surface area contributed by atoms with Crippen LogP contribution in [0.1, 0.15) is 25.1 Å². The lowest BCUT2D eigenvalue weighted by Crippen LogP contribution is -2.32. The number of allylic oxidation sites excluding steroid dienone is 1. The molecule has 1 fully saturated rings. The molecule has 10 heteroatoms. The fourth-order valence-corrected chi connectivity index (χ4v) is 5.01. The number of amides is 1. The molecule has 1 saturated heterocycles. The Labute approximate surface area is 196 Å². The Morgan fingerprint density at radius 2 is 1.87 bits per heavy atom. The molecule has 0 bridgehead atoms. The summed E-state index contributed by atoms with van der Waals surface area (Å²) in [6.07, 6.45) is 6.47. The van der Waals surface area contributed by atoms with Crippen LogP contribution in [0.2, 0.25) is 15.1 Å². The minimum atomic E-state index is -0.242. The third kappa shape index (κ3) is 6.37. The number of hydrogen-bond acceptors (Lipinski definition) is 5. The molecule has 3 rings (SSSR count). The molecule has 162 valence electrons. The molecule has 1 aromatic heterocycles. The SMILES string of the molecule is C=CCn1c(CCN2CCCCC2)nnc1SCC(=O)Nc1c(Cl)cc(Cl)cc1Cl. The first kappa shape index (κ1) is 23.4. The van der Waals surface area contributed by atoms with Crippen LogP contribution in [0.15, 0.2) is 29.9 Å². The van der Waals surface area contributed by atoms with E-state index in [2.05, 4.69) is 27.0 Å². The van der Waals surface area contributed by atoms with Gasteiger partial charge in [-0.05, 0) is 38.1 Å². The van der Waals surface area contributed by atoms with Crippen LogP contribution in [0.3, 0.4) is 0 Å². The van der Waals surface area contributed by atoms with Crippen LogP contribution in [0.25, 0.3) is 0 Å². The summed E-state index contributed by atoms with van der Waals surface area (Å²) in [6, 6.07) is 3.07. The highest BCUT2D eigenvalue weighted by Crippen LogP contribution is 2.33. The zero-order valence-corrected chi connectivity index (χ0v) is 19.6. The molecule has 0 radical (unpaired) electrons. The lowest BCUT2D eigenvalue weighted by molar-refractivity contribution is -0.113. The van der Waals surface area contributed by atoms with E-state index in [1.165, 1.54) is 43.2 Å². The maximum atomic E-state index is 12.4. The van der Waals surface area contributed by atoms with Crippen molar-refractivity contribution >= 4 is 58.2 Å². The third-order valence-electron chi connectivity index (χ3n) is 4.81. The predicted molar refractivity (Wildman–Crippen MR) is 125 cm³/mol. The van der Waals surface area contributed by atoms with E-state index in [1.807, 2.05) is 10.6 Å². The second-order valence-corrected chi connectivity index (χ2v) is 9.23. The number of nitrogens with zero attached hydrogens (tertiary/aromatic N) is 4. The fraction of sp³-hybridized carbons (Fsp3) is 0.450. The smallest absolute Gasteiger partial charge is 0.234 e. The van der Waals surface area contributed by atoms with Gasteiger partial charge in [-0.15, -0.1) is 16.8 Å².